The molecule has 0 aromatic carbocycles. The first-order chi connectivity index (χ1) is 11.8. The highest BCUT2D eigenvalue weighted by molar-refractivity contribution is 4.98. The molecule has 3 rings (SSSR count). The first-order valence-electron chi connectivity index (χ1n) is 10.4. The predicted molar refractivity (Wildman–Crippen MR) is 105 cm³/mol. The van der Waals surface area contributed by atoms with E-state index in [0.29, 0.717) is 5.41 Å². The molecular weight excluding hydrogens is 298 g/mol. The normalized spacial score (nSPS) is 24.4. The van der Waals surface area contributed by atoms with Crippen LogP contribution >= 0.6 is 0 Å². The van der Waals surface area contributed by atoms with Crippen molar-refractivity contribution in [3.63, 3.8) is 0 Å². The van der Waals surface area contributed by atoms with Gasteiger partial charge in [-0.15, -0.1) is 0 Å². The maximum atomic E-state index is 5.17. The monoisotopic (exact) mass is 341 g/mol. The summed E-state index contributed by atoms with van der Waals surface area (Å²) >= 11 is 0. The summed E-state index contributed by atoms with van der Waals surface area (Å²) in [4.78, 5) is 5.28. The van der Waals surface area contributed by atoms with Crippen LogP contribution in [0.15, 0.2) is 0 Å². The number of rotatable bonds is 5. The molecule has 0 atom stereocenters. The Balaban J connectivity index is 0.000000671. The molecule has 3 saturated heterocycles. The highest BCUT2D eigenvalue weighted by atomic mass is 16.5. The van der Waals surface area contributed by atoms with E-state index in [9.17, 15) is 0 Å². The van der Waals surface area contributed by atoms with Crippen molar-refractivity contribution < 1.29 is 4.74 Å². The van der Waals surface area contributed by atoms with Crippen molar-refractivity contribution in [1.82, 2.24) is 15.1 Å². The largest absolute Gasteiger partial charge is 0.383 e. The van der Waals surface area contributed by atoms with E-state index in [1.807, 2.05) is 27.7 Å². The lowest BCUT2D eigenvalue weighted by molar-refractivity contribution is -0.0368. The second kappa shape index (κ2) is 12.2. The van der Waals surface area contributed by atoms with Crippen LogP contribution in [0.2, 0.25) is 0 Å². The SMILES string of the molecule is CC.CC.COCCN1CCC(CN2CC3(CCNCC3)C2)CC1. The maximum Gasteiger partial charge on any atom is 0.0589 e. The molecular formula is C20H43N3O. The summed E-state index contributed by atoms with van der Waals surface area (Å²) in [5.74, 6) is 0.938. The molecule has 1 N–H and O–H groups in total. The van der Waals surface area contributed by atoms with Crippen molar-refractivity contribution in [2.75, 3.05) is 66.1 Å². The molecule has 0 aliphatic carbocycles. The van der Waals surface area contributed by atoms with Crippen LogP contribution in [0.25, 0.3) is 0 Å². The van der Waals surface area contributed by atoms with Crippen molar-refractivity contribution in [3.8, 4) is 0 Å². The number of methoxy groups -OCH3 is 1. The zero-order valence-corrected chi connectivity index (χ0v) is 17.1. The number of hydrogen-bond donors (Lipinski definition) is 1. The molecule has 1 spiro atoms. The lowest BCUT2D eigenvalue weighted by Gasteiger charge is -2.53. The van der Waals surface area contributed by atoms with Gasteiger partial charge in [0, 0.05) is 33.3 Å². The van der Waals surface area contributed by atoms with Crippen molar-refractivity contribution in [1.29, 1.82) is 0 Å². The Bertz CT molecular complexity index is 289. The van der Waals surface area contributed by atoms with E-state index >= 15 is 0 Å². The number of nitrogens with one attached hydrogen (secondary N) is 1. The van der Waals surface area contributed by atoms with Gasteiger partial charge in [-0.2, -0.15) is 0 Å². The van der Waals surface area contributed by atoms with Crippen LogP contribution in [0.4, 0.5) is 0 Å². The fraction of sp³-hybridized carbons (Fsp3) is 1.00. The first kappa shape index (κ1) is 21.9. The molecule has 24 heavy (non-hydrogen) atoms. The average molecular weight is 342 g/mol. The molecule has 0 saturated carbocycles. The van der Waals surface area contributed by atoms with Crippen LogP contribution < -0.4 is 5.32 Å². The van der Waals surface area contributed by atoms with E-state index < -0.39 is 0 Å². The van der Waals surface area contributed by atoms with E-state index in [1.165, 1.54) is 71.5 Å². The zero-order valence-electron chi connectivity index (χ0n) is 17.1. The standard InChI is InChI=1S/C16H31N3O.2C2H6/c1-20-11-10-18-8-2-15(3-9-18)12-19-13-16(14-19)4-6-17-7-5-16;2*1-2/h15,17H,2-14H2,1H3;2*1-2H3. The summed E-state index contributed by atoms with van der Waals surface area (Å²) in [5, 5.41) is 3.49. The molecule has 4 heteroatoms. The Morgan fingerprint density at radius 1 is 0.958 bits per heavy atom. The number of likely N-dealkylation sites (tertiary alicyclic amines) is 2. The molecule has 144 valence electrons. The molecule has 3 heterocycles. The summed E-state index contributed by atoms with van der Waals surface area (Å²) in [6.07, 6.45) is 5.57. The Hall–Kier alpha value is -0.160. The molecule has 3 aliphatic heterocycles. The summed E-state index contributed by atoms with van der Waals surface area (Å²) in [6, 6.07) is 0. The second-order valence-corrected chi connectivity index (χ2v) is 7.20. The van der Waals surface area contributed by atoms with Crippen molar-refractivity contribution >= 4 is 0 Å². The molecule has 3 aliphatic rings. The van der Waals surface area contributed by atoms with Gasteiger partial charge >= 0.3 is 0 Å². The minimum absolute atomic E-state index is 0.699. The molecule has 0 unspecified atom stereocenters. The molecule has 0 aromatic rings. The molecule has 0 amide bonds. The highest BCUT2D eigenvalue weighted by Crippen LogP contribution is 2.39. The van der Waals surface area contributed by atoms with Crippen LogP contribution in [-0.2, 0) is 4.74 Å². The van der Waals surface area contributed by atoms with Crippen LogP contribution in [0.5, 0.6) is 0 Å². The molecule has 0 bridgehead atoms. The van der Waals surface area contributed by atoms with Crippen LogP contribution in [0.3, 0.4) is 0 Å². The Morgan fingerprint density at radius 2 is 1.54 bits per heavy atom. The molecule has 0 aromatic heterocycles. The predicted octanol–water partition coefficient (Wildman–Crippen LogP) is 3.08. The van der Waals surface area contributed by atoms with Gasteiger partial charge in [-0.3, -0.25) is 0 Å². The van der Waals surface area contributed by atoms with Gasteiger partial charge in [0.25, 0.3) is 0 Å². The third kappa shape index (κ3) is 6.62. The molecule has 0 radical (unpaired) electrons. The van der Waals surface area contributed by atoms with Crippen molar-refractivity contribution in [3.05, 3.63) is 0 Å². The molecule has 4 nitrogen and oxygen atoms in total. The summed E-state index contributed by atoms with van der Waals surface area (Å²) in [6.45, 7) is 19.1. The minimum atomic E-state index is 0.699. The van der Waals surface area contributed by atoms with Crippen molar-refractivity contribution in [2.45, 2.75) is 53.4 Å². The number of piperidine rings is 2. The Labute approximate surface area is 151 Å². The van der Waals surface area contributed by atoms with Crippen LogP contribution in [0, 0.1) is 11.3 Å². The lowest BCUT2D eigenvalue weighted by Crippen LogP contribution is -2.60. The van der Waals surface area contributed by atoms with Crippen LogP contribution in [-0.4, -0.2) is 75.9 Å². The van der Waals surface area contributed by atoms with Gasteiger partial charge in [0.15, 0.2) is 0 Å². The summed E-state index contributed by atoms with van der Waals surface area (Å²) in [7, 11) is 1.80. The third-order valence-electron chi connectivity index (χ3n) is 5.62. The van der Waals surface area contributed by atoms with Gasteiger partial charge in [-0.05, 0) is 63.2 Å². The smallest absolute Gasteiger partial charge is 0.0589 e. The maximum absolute atomic E-state index is 5.17. The Morgan fingerprint density at radius 3 is 2.08 bits per heavy atom. The van der Waals surface area contributed by atoms with E-state index in [4.69, 9.17) is 4.74 Å². The summed E-state index contributed by atoms with van der Waals surface area (Å²) < 4.78 is 5.17. The fourth-order valence-corrected chi connectivity index (χ4v) is 4.28. The van der Waals surface area contributed by atoms with E-state index in [2.05, 4.69) is 15.1 Å². The minimum Gasteiger partial charge on any atom is -0.383 e. The zero-order chi connectivity index (χ0) is 17.8. The topological polar surface area (TPSA) is 27.7 Å². The van der Waals surface area contributed by atoms with E-state index in [0.717, 1.165) is 19.1 Å². The van der Waals surface area contributed by atoms with Gasteiger partial charge in [0.1, 0.15) is 0 Å². The van der Waals surface area contributed by atoms with Crippen LogP contribution in [0.1, 0.15) is 53.4 Å². The lowest BCUT2D eigenvalue weighted by atomic mass is 9.72. The van der Waals surface area contributed by atoms with Gasteiger partial charge in [0.05, 0.1) is 6.61 Å². The van der Waals surface area contributed by atoms with Crippen molar-refractivity contribution in [2.24, 2.45) is 11.3 Å². The quantitative estimate of drug-likeness (QED) is 0.832. The van der Waals surface area contributed by atoms with Gasteiger partial charge in [0.2, 0.25) is 0 Å². The highest BCUT2D eigenvalue weighted by Gasteiger charge is 2.43. The second-order valence-electron chi connectivity index (χ2n) is 7.20. The van der Waals surface area contributed by atoms with E-state index in [1.54, 1.807) is 7.11 Å². The van der Waals surface area contributed by atoms with Gasteiger partial charge in [-0.25, -0.2) is 0 Å². The fourth-order valence-electron chi connectivity index (χ4n) is 4.28. The van der Waals surface area contributed by atoms with Gasteiger partial charge < -0.3 is 19.9 Å². The first-order valence-corrected chi connectivity index (χ1v) is 10.4. The average Bonchev–Trinajstić information content (AvgIpc) is 2.64. The van der Waals surface area contributed by atoms with Gasteiger partial charge in [-0.1, -0.05) is 27.7 Å². The Kier molecular flexibility index (Phi) is 11.2. The van der Waals surface area contributed by atoms with E-state index in [-0.39, 0.29) is 0 Å². The number of hydrogen-bond acceptors (Lipinski definition) is 4. The number of nitrogens with zero attached hydrogens (tertiary/aromatic N) is 2. The third-order valence-corrected chi connectivity index (χ3v) is 5.62. The number of ether oxygens (including phenoxy) is 1. The summed E-state index contributed by atoms with van der Waals surface area (Å²) in [5.41, 5.74) is 0.699. The molecule has 3 fully saturated rings.